The molecule has 174 valence electrons. The maximum Gasteiger partial charge on any atom is 0.191 e. The van der Waals surface area contributed by atoms with Crippen LogP contribution in [0.2, 0.25) is 0 Å². The van der Waals surface area contributed by atoms with E-state index >= 15 is 0 Å². The number of aromatic nitrogens is 4. The molecule has 0 spiro atoms. The second kappa shape index (κ2) is 8.66. The number of thioether (sulfide) groups is 1. The van der Waals surface area contributed by atoms with Gasteiger partial charge in [0.05, 0.1) is 24.5 Å². The summed E-state index contributed by atoms with van der Waals surface area (Å²) in [6, 6.07) is 3.34. The van der Waals surface area contributed by atoms with E-state index in [1.54, 1.807) is 12.4 Å². The summed E-state index contributed by atoms with van der Waals surface area (Å²) in [5.74, 6) is -0.407. The molecule has 3 N–H and O–H groups in total. The monoisotopic (exact) mass is 473 g/mol. The minimum absolute atomic E-state index is 0.0369. The lowest BCUT2D eigenvalue weighted by molar-refractivity contribution is 0.00963. The molecule has 2 heterocycles. The van der Waals surface area contributed by atoms with Crippen molar-refractivity contribution < 1.29 is 19.0 Å². The molecular formula is C23H25F2N5O2S. The fourth-order valence-electron chi connectivity index (χ4n) is 4.35. The van der Waals surface area contributed by atoms with Crippen molar-refractivity contribution >= 4 is 34.3 Å². The van der Waals surface area contributed by atoms with Gasteiger partial charge in [0.1, 0.15) is 6.10 Å². The third kappa shape index (κ3) is 4.11. The SMILES string of the molecule is CCCSc1nc(N[C@@H]2C=C2c2ccc(F)c(F)c2)c2ncn([C@@H]3C[C@H](C)[C@@H](O)[C@H]3O)c2n1. The highest BCUT2D eigenvalue weighted by atomic mass is 32.2. The number of hydrogen-bond donors (Lipinski definition) is 3. The van der Waals surface area contributed by atoms with E-state index in [1.165, 1.54) is 17.8 Å². The lowest BCUT2D eigenvalue weighted by Crippen LogP contribution is -2.28. The Hall–Kier alpha value is -2.56. The number of anilines is 1. The Kier molecular flexibility index (Phi) is 5.84. The standard InChI is InChI=1S/C23H25F2N5O2S/c1-3-6-33-23-28-21(27-16-9-13(16)12-4-5-14(24)15(25)8-12)18-22(29-23)30(10-26-18)17-7-11(2)19(31)20(17)32/h4-5,8-11,16-17,19-20,31-32H,3,6-7H2,1-2H3,(H,27,28,29)/t11-,16+,17+,19+,20-/m0/s1. The summed E-state index contributed by atoms with van der Waals surface area (Å²) in [4.78, 5) is 13.9. The Bertz CT molecular complexity index is 1230. The number of nitrogens with zero attached hydrogens (tertiary/aromatic N) is 4. The zero-order chi connectivity index (χ0) is 23.3. The highest BCUT2D eigenvalue weighted by Crippen LogP contribution is 2.39. The number of fused-ring (bicyclic) bond motifs is 1. The van der Waals surface area contributed by atoms with Crippen LogP contribution in [0.1, 0.15) is 38.3 Å². The van der Waals surface area contributed by atoms with Crippen LogP contribution in [0.5, 0.6) is 0 Å². The molecule has 2 aliphatic carbocycles. The summed E-state index contributed by atoms with van der Waals surface area (Å²) in [5, 5.41) is 24.7. The van der Waals surface area contributed by atoms with E-state index in [1.807, 2.05) is 17.6 Å². The van der Waals surface area contributed by atoms with Crippen LogP contribution in [0.15, 0.2) is 35.8 Å². The highest BCUT2D eigenvalue weighted by Gasteiger charge is 2.41. The van der Waals surface area contributed by atoms with Crippen molar-refractivity contribution in [2.75, 3.05) is 11.1 Å². The predicted molar refractivity (Wildman–Crippen MR) is 123 cm³/mol. The molecule has 1 fully saturated rings. The van der Waals surface area contributed by atoms with E-state index in [0.717, 1.165) is 23.8 Å². The number of imidazole rings is 1. The first-order valence-electron chi connectivity index (χ1n) is 11.0. The minimum Gasteiger partial charge on any atom is -0.390 e. The van der Waals surface area contributed by atoms with Gasteiger partial charge in [-0.15, -0.1) is 0 Å². The molecule has 0 saturated heterocycles. The average Bonchev–Trinajstić information content (AvgIpc) is 3.36. The van der Waals surface area contributed by atoms with Crippen LogP contribution in [-0.4, -0.2) is 53.7 Å². The van der Waals surface area contributed by atoms with Gasteiger partial charge in [0.25, 0.3) is 0 Å². The quantitative estimate of drug-likeness (QED) is 0.355. The van der Waals surface area contributed by atoms with Gasteiger partial charge in [-0.2, -0.15) is 0 Å². The van der Waals surface area contributed by atoms with Gasteiger partial charge in [0, 0.05) is 5.75 Å². The average molecular weight is 474 g/mol. The van der Waals surface area contributed by atoms with Gasteiger partial charge in [0.15, 0.2) is 33.8 Å². The molecule has 0 radical (unpaired) electrons. The third-order valence-electron chi connectivity index (χ3n) is 6.25. The third-order valence-corrected chi connectivity index (χ3v) is 7.30. The molecule has 10 heteroatoms. The molecule has 33 heavy (non-hydrogen) atoms. The molecule has 2 aliphatic rings. The number of aliphatic hydroxyl groups excluding tert-OH is 2. The normalized spacial score (nSPS) is 26.6. The van der Waals surface area contributed by atoms with Gasteiger partial charge < -0.3 is 20.1 Å². The lowest BCUT2D eigenvalue weighted by Gasteiger charge is -2.18. The second-order valence-electron chi connectivity index (χ2n) is 8.66. The molecular weight excluding hydrogens is 448 g/mol. The number of halogens is 2. The molecule has 0 unspecified atom stereocenters. The zero-order valence-corrected chi connectivity index (χ0v) is 19.1. The Morgan fingerprint density at radius 1 is 1.18 bits per heavy atom. The van der Waals surface area contributed by atoms with E-state index < -0.39 is 23.8 Å². The summed E-state index contributed by atoms with van der Waals surface area (Å²) in [6.07, 6.45) is 3.42. The predicted octanol–water partition coefficient (Wildman–Crippen LogP) is 3.79. The first-order valence-corrected chi connectivity index (χ1v) is 12.0. The number of hydrogen-bond acceptors (Lipinski definition) is 7. The molecule has 3 aromatic rings. The Labute approximate surface area is 194 Å². The van der Waals surface area contributed by atoms with Crippen LogP contribution in [0.3, 0.4) is 0 Å². The molecule has 0 amide bonds. The van der Waals surface area contributed by atoms with Crippen molar-refractivity contribution in [3.8, 4) is 0 Å². The Morgan fingerprint density at radius 3 is 2.70 bits per heavy atom. The van der Waals surface area contributed by atoms with Gasteiger partial charge in [-0.1, -0.05) is 37.8 Å². The van der Waals surface area contributed by atoms with E-state index in [0.29, 0.717) is 34.1 Å². The van der Waals surface area contributed by atoms with Gasteiger partial charge in [0.2, 0.25) is 0 Å². The van der Waals surface area contributed by atoms with E-state index in [9.17, 15) is 19.0 Å². The molecule has 0 bridgehead atoms. The van der Waals surface area contributed by atoms with Crippen molar-refractivity contribution in [1.29, 1.82) is 0 Å². The van der Waals surface area contributed by atoms with Crippen molar-refractivity contribution in [3.63, 3.8) is 0 Å². The summed E-state index contributed by atoms with van der Waals surface area (Å²) in [5.41, 5.74) is 2.61. The smallest absolute Gasteiger partial charge is 0.191 e. The van der Waals surface area contributed by atoms with Crippen molar-refractivity contribution in [1.82, 2.24) is 19.5 Å². The molecule has 1 aromatic carbocycles. The van der Waals surface area contributed by atoms with Gasteiger partial charge in [-0.25, -0.2) is 23.7 Å². The molecule has 7 nitrogen and oxygen atoms in total. The van der Waals surface area contributed by atoms with Crippen LogP contribution in [0.25, 0.3) is 16.7 Å². The highest BCUT2D eigenvalue weighted by molar-refractivity contribution is 7.99. The van der Waals surface area contributed by atoms with Crippen molar-refractivity contribution in [2.45, 2.75) is 56.1 Å². The summed E-state index contributed by atoms with van der Waals surface area (Å²) in [7, 11) is 0. The number of nitrogens with one attached hydrogen (secondary N) is 1. The maximum atomic E-state index is 13.6. The minimum atomic E-state index is -0.902. The Balaban J connectivity index is 1.46. The molecule has 1 saturated carbocycles. The van der Waals surface area contributed by atoms with Gasteiger partial charge in [-0.05, 0) is 42.0 Å². The van der Waals surface area contributed by atoms with Gasteiger partial charge >= 0.3 is 0 Å². The van der Waals surface area contributed by atoms with E-state index in [-0.39, 0.29) is 18.0 Å². The summed E-state index contributed by atoms with van der Waals surface area (Å²) in [6.45, 7) is 3.99. The van der Waals surface area contributed by atoms with Crippen LogP contribution in [0, 0.1) is 17.6 Å². The zero-order valence-electron chi connectivity index (χ0n) is 18.2. The van der Waals surface area contributed by atoms with E-state index in [4.69, 9.17) is 4.98 Å². The number of benzene rings is 1. The largest absolute Gasteiger partial charge is 0.390 e. The molecule has 2 aromatic heterocycles. The topological polar surface area (TPSA) is 96.1 Å². The Morgan fingerprint density at radius 2 is 2.00 bits per heavy atom. The molecule has 5 rings (SSSR count). The van der Waals surface area contributed by atoms with Crippen LogP contribution < -0.4 is 5.32 Å². The van der Waals surface area contributed by atoms with E-state index in [2.05, 4.69) is 22.2 Å². The fourth-order valence-corrected chi connectivity index (χ4v) is 5.04. The van der Waals surface area contributed by atoms with Crippen molar-refractivity contribution in [2.24, 2.45) is 5.92 Å². The molecule has 5 atom stereocenters. The lowest BCUT2D eigenvalue weighted by atomic mass is 10.1. The summed E-state index contributed by atoms with van der Waals surface area (Å²) >= 11 is 1.53. The van der Waals surface area contributed by atoms with Gasteiger partial charge in [-0.3, -0.25) is 0 Å². The molecule has 0 aliphatic heterocycles. The van der Waals surface area contributed by atoms with Crippen molar-refractivity contribution in [3.05, 3.63) is 47.8 Å². The fraction of sp³-hybridized carbons (Fsp3) is 0.435. The maximum absolute atomic E-state index is 13.6. The second-order valence-corrected chi connectivity index (χ2v) is 9.72. The first-order chi connectivity index (χ1) is 15.9. The number of rotatable bonds is 7. The first kappa shape index (κ1) is 22.2. The van der Waals surface area contributed by atoms with Crippen LogP contribution >= 0.6 is 11.8 Å². The summed E-state index contributed by atoms with van der Waals surface area (Å²) < 4.78 is 28.7. The van der Waals surface area contributed by atoms with Crippen LogP contribution in [0.4, 0.5) is 14.6 Å². The number of aliphatic hydroxyl groups is 2. The van der Waals surface area contributed by atoms with Crippen LogP contribution in [-0.2, 0) is 0 Å².